The van der Waals surface area contributed by atoms with Crippen LogP contribution in [0.2, 0.25) is 0 Å². The Hall–Kier alpha value is -7.58. The Morgan fingerprint density at radius 1 is 0.519 bits per heavy atom. The second-order valence-electron chi connectivity index (χ2n) is 13.2. The average Bonchev–Trinajstić information content (AvgIpc) is 3.97. The number of fused-ring (bicyclic) bond motifs is 9. The number of hydrogen-bond donors (Lipinski definition) is 1. The van der Waals surface area contributed by atoms with Crippen LogP contribution in [0.1, 0.15) is 0 Å². The summed E-state index contributed by atoms with van der Waals surface area (Å²) in [6.07, 6.45) is 9.55. The monoisotopic (exact) mass is 698 g/mol. The number of nitrogens with one attached hydrogen (secondary N) is 1. The number of aromatic amines is 1. The van der Waals surface area contributed by atoms with Crippen molar-refractivity contribution >= 4 is 71.0 Å². The summed E-state index contributed by atoms with van der Waals surface area (Å²) < 4.78 is 4.24. The van der Waals surface area contributed by atoms with Crippen molar-refractivity contribution in [2.75, 3.05) is 0 Å². The predicted octanol–water partition coefficient (Wildman–Crippen LogP) is 11.6. The highest BCUT2D eigenvalue weighted by atomic mass is 16.6. The van der Waals surface area contributed by atoms with Crippen molar-refractivity contribution in [1.82, 2.24) is 24.1 Å². The number of H-pyrrole nitrogens is 1. The van der Waals surface area contributed by atoms with Gasteiger partial charge in [-0.3, -0.25) is 15.1 Å². The van der Waals surface area contributed by atoms with Gasteiger partial charge in [0.1, 0.15) is 5.65 Å². The van der Waals surface area contributed by atoms with Gasteiger partial charge in [0.2, 0.25) is 0 Å². The zero-order chi connectivity index (χ0) is 36.2. The quantitative estimate of drug-likeness (QED) is 0.146. The van der Waals surface area contributed by atoms with Gasteiger partial charge in [-0.1, -0.05) is 97.1 Å². The van der Waals surface area contributed by atoms with Crippen molar-refractivity contribution in [3.63, 3.8) is 0 Å². The topological polar surface area (TPSA) is 94.6 Å². The van der Waals surface area contributed by atoms with Crippen molar-refractivity contribution in [1.29, 1.82) is 0 Å². The van der Waals surface area contributed by atoms with Crippen LogP contribution in [0.5, 0.6) is 0 Å². The molecule has 0 bridgehead atoms. The Morgan fingerprint density at radius 2 is 1.11 bits per heavy atom. The Kier molecular flexibility index (Phi) is 7.26. The molecule has 0 aliphatic heterocycles. The summed E-state index contributed by atoms with van der Waals surface area (Å²) in [4.78, 5) is 24.3. The Balaban J connectivity index is 0.000000134. The SMILES string of the molecule is O=[N+]([O-])c1c(-c2cncc3c2ccn3-c2ccccc2)ccc2ccccc12.c1ccc(-n2ccc3c4c(ncc32)[nH]c2c3ccccc3ccc24)cc1. The highest BCUT2D eigenvalue weighted by molar-refractivity contribution is 6.23. The fraction of sp³-hybridized carbons (Fsp3) is 0. The number of nitrogens with zero attached hydrogens (tertiary/aromatic N) is 5. The van der Waals surface area contributed by atoms with Gasteiger partial charge in [0.15, 0.2) is 0 Å². The first-order valence-corrected chi connectivity index (χ1v) is 17.7. The van der Waals surface area contributed by atoms with E-state index in [9.17, 15) is 10.1 Å². The molecule has 256 valence electrons. The molecule has 5 aromatic heterocycles. The Bertz CT molecular complexity index is 3200. The summed E-state index contributed by atoms with van der Waals surface area (Å²) in [7, 11) is 0. The zero-order valence-corrected chi connectivity index (χ0v) is 28.8. The van der Waals surface area contributed by atoms with Gasteiger partial charge in [-0.05, 0) is 59.3 Å². The van der Waals surface area contributed by atoms with Gasteiger partial charge in [0.05, 0.1) is 44.8 Å². The van der Waals surface area contributed by atoms with E-state index in [0.29, 0.717) is 10.9 Å². The van der Waals surface area contributed by atoms with Crippen LogP contribution in [-0.4, -0.2) is 29.0 Å². The van der Waals surface area contributed by atoms with Crippen LogP contribution in [0.3, 0.4) is 0 Å². The number of aromatic nitrogens is 5. The molecule has 54 heavy (non-hydrogen) atoms. The molecule has 0 saturated heterocycles. The maximum Gasteiger partial charge on any atom is 0.285 e. The van der Waals surface area contributed by atoms with E-state index in [1.807, 2.05) is 89.8 Å². The molecule has 0 saturated carbocycles. The molecule has 0 radical (unpaired) electrons. The molecule has 6 aromatic carbocycles. The van der Waals surface area contributed by atoms with Crippen LogP contribution in [-0.2, 0) is 0 Å². The van der Waals surface area contributed by atoms with Crippen LogP contribution in [0.25, 0.3) is 87.8 Å². The fourth-order valence-corrected chi connectivity index (χ4v) is 7.77. The number of para-hydroxylation sites is 2. The molecule has 8 heteroatoms. The molecular weight excluding hydrogens is 669 g/mol. The van der Waals surface area contributed by atoms with E-state index in [1.54, 1.807) is 18.5 Å². The Morgan fingerprint density at radius 3 is 1.81 bits per heavy atom. The van der Waals surface area contributed by atoms with E-state index in [1.165, 1.54) is 26.9 Å². The first-order valence-electron chi connectivity index (χ1n) is 17.7. The zero-order valence-electron chi connectivity index (χ0n) is 28.8. The minimum Gasteiger partial charge on any atom is -0.339 e. The van der Waals surface area contributed by atoms with Crippen molar-refractivity contribution in [2.45, 2.75) is 0 Å². The third-order valence-electron chi connectivity index (χ3n) is 10.2. The molecule has 0 fully saturated rings. The number of pyridine rings is 2. The van der Waals surface area contributed by atoms with E-state index in [0.717, 1.165) is 49.9 Å². The van der Waals surface area contributed by atoms with Crippen LogP contribution in [0.15, 0.2) is 177 Å². The first kappa shape index (κ1) is 31.2. The number of nitro groups is 1. The number of nitro benzene ring substituents is 1. The van der Waals surface area contributed by atoms with Crippen LogP contribution in [0.4, 0.5) is 5.69 Å². The summed E-state index contributed by atoms with van der Waals surface area (Å²) in [5, 5.41) is 20.5. The van der Waals surface area contributed by atoms with Gasteiger partial charge in [-0.2, -0.15) is 0 Å². The van der Waals surface area contributed by atoms with Crippen LogP contribution < -0.4 is 0 Å². The molecule has 0 spiro atoms. The lowest BCUT2D eigenvalue weighted by molar-refractivity contribution is -0.382. The molecule has 0 aliphatic rings. The second-order valence-corrected chi connectivity index (χ2v) is 13.2. The number of rotatable bonds is 4. The molecule has 0 amide bonds. The normalized spacial score (nSPS) is 11.5. The molecule has 11 aromatic rings. The van der Waals surface area contributed by atoms with E-state index >= 15 is 0 Å². The molecule has 1 N–H and O–H groups in total. The van der Waals surface area contributed by atoms with Gasteiger partial charge < -0.3 is 14.1 Å². The second kappa shape index (κ2) is 12.6. The van der Waals surface area contributed by atoms with Gasteiger partial charge in [0, 0.05) is 62.5 Å². The minimum absolute atomic E-state index is 0.111. The van der Waals surface area contributed by atoms with Crippen LogP contribution >= 0.6 is 0 Å². The van der Waals surface area contributed by atoms with Crippen LogP contribution in [0, 0.1) is 10.1 Å². The fourth-order valence-electron chi connectivity index (χ4n) is 7.77. The molecule has 5 heterocycles. The molecule has 0 aliphatic carbocycles. The van der Waals surface area contributed by atoms with Crippen molar-refractivity contribution in [3.05, 3.63) is 187 Å². The van der Waals surface area contributed by atoms with Gasteiger partial charge in [-0.25, -0.2) is 4.98 Å². The van der Waals surface area contributed by atoms with E-state index in [-0.39, 0.29) is 10.6 Å². The summed E-state index contributed by atoms with van der Waals surface area (Å²) in [5.74, 6) is 0. The standard InChI is InChI=1S/C23H15N3O2.C23H15N3/c27-26(28)23-18-9-5-4-6-16(18)10-11-20(23)21-14-24-15-22-19(21)12-13-25(22)17-7-2-1-3-8-17;1-2-7-16(8-3-1)26-13-12-18-20(26)14-24-23-21(18)19-11-10-15-6-4-5-9-17(15)22(19)25-23/h1-15H;1-14H,(H,24,25). The lowest BCUT2D eigenvalue weighted by Crippen LogP contribution is -1.95. The van der Waals surface area contributed by atoms with Gasteiger partial charge >= 0.3 is 0 Å². The summed E-state index contributed by atoms with van der Waals surface area (Å²) in [6, 6.07) is 48.5. The number of hydrogen-bond acceptors (Lipinski definition) is 4. The third-order valence-corrected chi connectivity index (χ3v) is 10.2. The molecule has 11 rings (SSSR count). The van der Waals surface area contributed by atoms with Gasteiger partial charge in [0.25, 0.3) is 5.69 Å². The van der Waals surface area contributed by atoms with Crippen molar-refractivity contribution in [3.8, 4) is 22.5 Å². The molecule has 8 nitrogen and oxygen atoms in total. The van der Waals surface area contributed by atoms with Crippen molar-refractivity contribution in [2.24, 2.45) is 0 Å². The molecule has 0 unspecified atom stereocenters. The lowest BCUT2D eigenvalue weighted by atomic mass is 9.97. The molecule has 0 atom stereocenters. The minimum atomic E-state index is -0.301. The largest absolute Gasteiger partial charge is 0.339 e. The predicted molar refractivity (Wildman–Crippen MR) is 219 cm³/mol. The van der Waals surface area contributed by atoms with E-state index in [4.69, 9.17) is 4.98 Å². The van der Waals surface area contributed by atoms with E-state index in [2.05, 4.69) is 87.5 Å². The summed E-state index contributed by atoms with van der Waals surface area (Å²) in [5.41, 5.74) is 7.74. The number of benzene rings is 6. The maximum atomic E-state index is 12.0. The lowest BCUT2D eigenvalue weighted by Gasteiger charge is -2.09. The Labute approximate surface area is 308 Å². The molecular formula is C46H30N6O2. The first-order chi connectivity index (χ1) is 26.6. The third kappa shape index (κ3) is 5.00. The van der Waals surface area contributed by atoms with Gasteiger partial charge in [-0.15, -0.1) is 0 Å². The average molecular weight is 699 g/mol. The highest BCUT2D eigenvalue weighted by Crippen LogP contribution is 2.40. The van der Waals surface area contributed by atoms with E-state index < -0.39 is 0 Å². The smallest absolute Gasteiger partial charge is 0.285 e. The summed E-state index contributed by atoms with van der Waals surface area (Å²) in [6.45, 7) is 0. The highest BCUT2D eigenvalue weighted by Gasteiger charge is 2.22. The van der Waals surface area contributed by atoms with Crippen molar-refractivity contribution < 1.29 is 4.92 Å². The maximum absolute atomic E-state index is 12.0. The summed E-state index contributed by atoms with van der Waals surface area (Å²) >= 11 is 0.